The number of aromatic nitrogens is 3. The van der Waals surface area contributed by atoms with Crippen molar-refractivity contribution in [1.82, 2.24) is 19.9 Å². The normalized spacial score (nSPS) is 18.4. The number of rotatable bonds is 5. The van der Waals surface area contributed by atoms with Gasteiger partial charge in [-0.25, -0.2) is 14.4 Å². The number of carbonyl (C=O) groups is 1. The molecule has 3 N–H and O–H groups in total. The molecule has 0 radical (unpaired) electrons. The van der Waals surface area contributed by atoms with Crippen LogP contribution in [0.4, 0.5) is 34.9 Å². The van der Waals surface area contributed by atoms with Crippen molar-refractivity contribution < 1.29 is 22.4 Å². The number of benzene rings is 1. The third kappa shape index (κ3) is 5.47. The molecule has 1 amide bonds. The smallest absolute Gasteiger partial charge is 0.367 e. The number of hydrogen-bond donors (Lipinski definition) is 3. The first kappa shape index (κ1) is 27.0. The lowest BCUT2D eigenvalue weighted by Gasteiger charge is -2.44. The SMILES string of the molecule is CNc1nccc(-c2cc(NC(=O)c3c[nH]c(=O)cc3C(F)(F)F)c(N3C[C@@H](C)N(C)[C@@H](C)C3)cc2F)n1. The van der Waals surface area contributed by atoms with E-state index < -0.39 is 34.6 Å². The molecule has 1 aliphatic heterocycles. The second kappa shape index (κ2) is 10.4. The summed E-state index contributed by atoms with van der Waals surface area (Å²) in [7, 11) is 3.57. The van der Waals surface area contributed by atoms with Crippen LogP contribution in [0.15, 0.2) is 41.5 Å². The monoisotopic (exact) mass is 533 g/mol. The van der Waals surface area contributed by atoms with Gasteiger partial charge in [-0.15, -0.1) is 0 Å². The fourth-order valence-electron chi connectivity index (χ4n) is 4.43. The molecule has 1 aromatic carbocycles. The highest BCUT2D eigenvalue weighted by molar-refractivity contribution is 6.07. The summed E-state index contributed by atoms with van der Waals surface area (Å²) in [6.07, 6.45) is -2.79. The second-order valence-corrected chi connectivity index (χ2v) is 9.21. The van der Waals surface area contributed by atoms with Crippen LogP contribution in [0.2, 0.25) is 0 Å². The number of piperazine rings is 1. The molecule has 13 heteroatoms. The zero-order valence-electron chi connectivity index (χ0n) is 21.2. The number of hydrogen-bond acceptors (Lipinski definition) is 7. The molecule has 4 rings (SSSR count). The van der Waals surface area contributed by atoms with Gasteiger partial charge in [-0.05, 0) is 39.1 Å². The third-order valence-corrected chi connectivity index (χ3v) is 6.66. The Labute approximate surface area is 215 Å². The minimum atomic E-state index is -4.94. The van der Waals surface area contributed by atoms with E-state index in [2.05, 4.69) is 30.5 Å². The lowest BCUT2D eigenvalue weighted by molar-refractivity contribution is -0.138. The Morgan fingerprint density at radius 2 is 1.84 bits per heavy atom. The van der Waals surface area contributed by atoms with Gasteiger partial charge in [0, 0.05) is 56.2 Å². The van der Waals surface area contributed by atoms with E-state index in [1.165, 1.54) is 24.4 Å². The number of carbonyl (C=O) groups excluding carboxylic acids is 1. The van der Waals surface area contributed by atoms with Crippen LogP contribution in [-0.4, -0.2) is 65.0 Å². The van der Waals surface area contributed by atoms with Crippen molar-refractivity contribution in [2.24, 2.45) is 0 Å². The number of nitrogens with zero attached hydrogens (tertiary/aromatic N) is 4. The Balaban J connectivity index is 1.83. The first-order valence-corrected chi connectivity index (χ1v) is 11.8. The predicted molar refractivity (Wildman–Crippen MR) is 136 cm³/mol. The number of halogens is 4. The predicted octanol–water partition coefficient (Wildman–Crippen LogP) is 3.81. The number of aromatic amines is 1. The molecule has 0 aliphatic carbocycles. The number of anilines is 3. The van der Waals surface area contributed by atoms with Gasteiger partial charge >= 0.3 is 6.18 Å². The van der Waals surface area contributed by atoms with Crippen LogP contribution in [0.5, 0.6) is 0 Å². The molecule has 0 unspecified atom stereocenters. The van der Waals surface area contributed by atoms with E-state index in [0.717, 1.165) is 0 Å². The molecule has 3 aromatic rings. The van der Waals surface area contributed by atoms with Crippen LogP contribution < -0.4 is 21.1 Å². The van der Waals surface area contributed by atoms with E-state index in [0.29, 0.717) is 31.0 Å². The van der Waals surface area contributed by atoms with Crippen LogP contribution in [0.3, 0.4) is 0 Å². The first-order chi connectivity index (χ1) is 17.9. The maximum atomic E-state index is 15.5. The molecule has 1 aliphatic rings. The van der Waals surface area contributed by atoms with Crippen molar-refractivity contribution in [3.05, 3.63) is 64.0 Å². The molecule has 38 heavy (non-hydrogen) atoms. The van der Waals surface area contributed by atoms with Crippen LogP contribution in [0.25, 0.3) is 11.3 Å². The van der Waals surface area contributed by atoms with Gasteiger partial charge in [0.25, 0.3) is 5.91 Å². The molecular formula is C25H27F4N7O2. The lowest BCUT2D eigenvalue weighted by Crippen LogP contribution is -2.55. The number of nitrogens with one attached hydrogen (secondary N) is 3. The van der Waals surface area contributed by atoms with E-state index in [1.807, 2.05) is 25.8 Å². The summed E-state index contributed by atoms with van der Waals surface area (Å²) in [4.78, 5) is 39.1. The average Bonchev–Trinajstić information content (AvgIpc) is 2.87. The van der Waals surface area contributed by atoms with Crippen LogP contribution >= 0.6 is 0 Å². The molecule has 3 heterocycles. The zero-order valence-corrected chi connectivity index (χ0v) is 21.2. The Bertz CT molecular complexity index is 1400. The van der Waals surface area contributed by atoms with Crippen molar-refractivity contribution in [2.45, 2.75) is 32.1 Å². The number of pyridine rings is 1. The Hall–Kier alpha value is -4.00. The zero-order chi connectivity index (χ0) is 27.8. The summed E-state index contributed by atoms with van der Waals surface area (Å²) in [6.45, 7) is 4.99. The molecule has 2 atom stereocenters. The van der Waals surface area contributed by atoms with Gasteiger partial charge in [0.2, 0.25) is 11.5 Å². The van der Waals surface area contributed by atoms with Crippen molar-refractivity contribution >= 4 is 23.2 Å². The highest BCUT2D eigenvalue weighted by Crippen LogP contribution is 2.37. The first-order valence-electron chi connectivity index (χ1n) is 11.8. The van der Waals surface area contributed by atoms with Crippen molar-refractivity contribution in [1.29, 1.82) is 0 Å². The van der Waals surface area contributed by atoms with Gasteiger partial charge < -0.3 is 20.5 Å². The Kier molecular flexibility index (Phi) is 7.40. The van der Waals surface area contributed by atoms with Gasteiger partial charge in [0.1, 0.15) is 5.82 Å². The summed E-state index contributed by atoms with van der Waals surface area (Å²) in [5.41, 5.74) is -2.50. The third-order valence-electron chi connectivity index (χ3n) is 6.66. The van der Waals surface area contributed by atoms with Gasteiger partial charge in [-0.1, -0.05) is 0 Å². The summed E-state index contributed by atoms with van der Waals surface area (Å²) in [5.74, 6) is -1.50. The van der Waals surface area contributed by atoms with E-state index >= 15 is 4.39 Å². The molecule has 1 fully saturated rings. The molecule has 0 spiro atoms. The fourth-order valence-corrected chi connectivity index (χ4v) is 4.43. The summed E-state index contributed by atoms with van der Waals surface area (Å²) in [5, 5.41) is 5.28. The molecule has 0 saturated carbocycles. The summed E-state index contributed by atoms with van der Waals surface area (Å²) < 4.78 is 56.3. The maximum Gasteiger partial charge on any atom is 0.417 e. The topological polar surface area (TPSA) is 106 Å². The second-order valence-electron chi connectivity index (χ2n) is 9.21. The van der Waals surface area contributed by atoms with Crippen molar-refractivity contribution in [3.63, 3.8) is 0 Å². The number of H-pyrrole nitrogens is 1. The number of likely N-dealkylation sites (N-methyl/N-ethyl adjacent to an activating group) is 1. The minimum absolute atomic E-state index is 0.0238. The standard InChI is InChI=1S/C25H27F4N7O2/c1-13-11-36(12-14(2)35(13)4)21-9-18(26)15(19-5-6-31-24(30-3)34-19)7-20(21)33-23(38)16-10-32-22(37)8-17(16)25(27,28)29/h5-10,13-14H,11-12H2,1-4H3,(H,32,37)(H,33,38)(H,30,31,34)/t13-,14+. The largest absolute Gasteiger partial charge is 0.417 e. The van der Waals surface area contributed by atoms with E-state index in [4.69, 9.17) is 0 Å². The Morgan fingerprint density at radius 1 is 1.16 bits per heavy atom. The molecule has 9 nitrogen and oxygen atoms in total. The number of amides is 1. The molecule has 0 bridgehead atoms. The lowest BCUT2D eigenvalue weighted by atomic mass is 10.0. The Morgan fingerprint density at radius 3 is 2.47 bits per heavy atom. The highest BCUT2D eigenvalue weighted by Gasteiger charge is 2.36. The maximum absolute atomic E-state index is 15.5. The minimum Gasteiger partial charge on any atom is -0.367 e. The van der Waals surface area contributed by atoms with Crippen molar-refractivity contribution in [3.8, 4) is 11.3 Å². The van der Waals surface area contributed by atoms with Crippen LogP contribution in [0.1, 0.15) is 29.8 Å². The molecular weight excluding hydrogens is 506 g/mol. The summed E-state index contributed by atoms with van der Waals surface area (Å²) >= 11 is 0. The average molecular weight is 534 g/mol. The molecule has 1 saturated heterocycles. The van der Waals surface area contributed by atoms with Gasteiger partial charge in [0.05, 0.1) is 28.2 Å². The van der Waals surface area contributed by atoms with Gasteiger partial charge in [-0.3, -0.25) is 14.5 Å². The summed E-state index contributed by atoms with van der Waals surface area (Å²) in [6, 6.07) is 4.57. The number of alkyl halides is 3. The van der Waals surface area contributed by atoms with E-state index in [1.54, 1.807) is 7.05 Å². The quantitative estimate of drug-likeness (QED) is 0.429. The van der Waals surface area contributed by atoms with E-state index in [-0.39, 0.29) is 35.0 Å². The van der Waals surface area contributed by atoms with Crippen LogP contribution in [0, 0.1) is 5.82 Å². The van der Waals surface area contributed by atoms with Crippen molar-refractivity contribution in [2.75, 3.05) is 42.7 Å². The van der Waals surface area contributed by atoms with E-state index in [9.17, 15) is 22.8 Å². The van der Waals surface area contributed by atoms with Gasteiger partial charge in [-0.2, -0.15) is 13.2 Å². The fraction of sp³-hybridized carbons (Fsp3) is 0.360. The molecule has 2 aromatic heterocycles. The highest BCUT2D eigenvalue weighted by atomic mass is 19.4. The molecule has 202 valence electrons. The van der Waals surface area contributed by atoms with Crippen LogP contribution in [-0.2, 0) is 6.18 Å². The van der Waals surface area contributed by atoms with Gasteiger partial charge in [0.15, 0.2) is 0 Å².